The van der Waals surface area contributed by atoms with E-state index >= 15 is 0 Å². The number of piperazine rings is 1. The Kier molecular flexibility index (Phi) is 15.4. The number of nitrogens with one attached hydrogen (secondary N) is 1. The summed E-state index contributed by atoms with van der Waals surface area (Å²) in [5.41, 5.74) is 10.9. The second-order valence-electron chi connectivity index (χ2n) is 12.0. The zero-order valence-corrected chi connectivity index (χ0v) is 29.2. The Morgan fingerprint density at radius 2 is 1.75 bits per heavy atom. The number of pyridine rings is 1. The number of aromatic nitrogens is 1. The van der Waals surface area contributed by atoms with Gasteiger partial charge in [-0.3, -0.25) is 4.79 Å². The van der Waals surface area contributed by atoms with Gasteiger partial charge in [0.2, 0.25) is 5.91 Å². The summed E-state index contributed by atoms with van der Waals surface area (Å²) in [7, 11) is 1.50. The molecule has 266 valence electrons. The van der Waals surface area contributed by atoms with Crippen molar-refractivity contribution in [2.24, 2.45) is 11.5 Å². The van der Waals surface area contributed by atoms with E-state index in [1.54, 1.807) is 11.9 Å². The molecule has 6 rings (SSSR count). The number of hydrogen-bond donors (Lipinski definition) is 3. The van der Waals surface area contributed by atoms with Crippen molar-refractivity contribution in [2.75, 3.05) is 75.8 Å². The van der Waals surface area contributed by atoms with E-state index in [0.717, 1.165) is 49.5 Å². The van der Waals surface area contributed by atoms with Crippen LogP contribution in [-0.4, -0.2) is 104 Å². The summed E-state index contributed by atoms with van der Waals surface area (Å²) in [6, 6.07) is 11.1. The molecule has 1 aliphatic carbocycles. The minimum Gasteiger partial charge on any atom is -0.373 e. The lowest BCUT2D eigenvalue weighted by Gasteiger charge is -2.34. The maximum Gasteiger partial charge on any atom is 0.317 e. The Labute approximate surface area is 291 Å². The Bertz CT molecular complexity index is 1300. The standard InChI is InChI=1S/C20H21ClF2N4OS.C12H23N3O2.CH5N/c21-17-12-14(20(22)23)13-18(24-17)25-8-10-26(11-9-25)29-16-5-3-15(4-6-16)27-7-1-2-19(27)28;13-8-11-9-15(6-7-17-11)12(16)14-10-4-2-1-3-5-10;1-2/h3-6,12-13,20H,1-2,7-11H2;10-11H,1-9,13H2,(H,14,16);2H2,1H3. The first-order valence-electron chi connectivity index (χ1n) is 16.8. The van der Waals surface area contributed by atoms with Gasteiger partial charge in [-0.05, 0) is 74.7 Å². The van der Waals surface area contributed by atoms with E-state index in [4.69, 9.17) is 22.1 Å². The van der Waals surface area contributed by atoms with E-state index in [2.05, 4.69) is 20.3 Å². The quantitative estimate of drug-likeness (QED) is 0.271. The van der Waals surface area contributed by atoms with Crippen LogP contribution in [0.2, 0.25) is 5.15 Å². The van der Waals surface area contributed by atoms with Crippen LogP contribution in [0.15, 0.2) is 41.3 Å². The zero-order chi connectivity index (χ0) is 34.5. The minimum absolute atomic E-state index is 0.000792. The Balaban J connectivity index is 0.000000233. The van der Waals surface area contributed by atoms with Crippen molar-refractivity contribution in [1.82, 2.24) is 19.5 Å². The number of urea groups is 1. The number of carbonyl (C=O) groups excluding carboxylic acids is 2. The van der Waals surface area contributed by atoms with Crippen LogP contribution < -0.4 is 26.6 Å². The second-order valence-corrected chi connectivity index (χ2v) is 13.5. The summed E-state index contributed by atoms with van der Waals surface area (Å²) in [5.74, 6) is 0.684. The maximum atomic E-state index is 13.0. The molecule has 3 amide bonds. The number of rotatable bonds is 7. The van der Waals surface area contributed by atoms with Crippen molar-refractivity contribution in [2.45, 2.75) is 68.4 Å². The third-order valence-electron chi connectivity index (χ3n) is 8.70. The van der Waals surface area contributed by atoms with Gasteiger partial charge in [0.25, 0.3) is 6.43 Å². The molecule has 48 heavy (non-hydrogen) atoms. The molecular weight excluding hydrogens is 662 g/mol. The second kappa shape index (κ2) is 19.4. The molecule has 1 atom stereocenters. The molecule has 0 bridgehead atoms. The first-order valence-corrected chi connectivity index (χ1v) is 17.9. The SMILES string of the molecule is CN.NCC1CN(C(=O)NC2CCCCC2)CCO1.O=C1CCCN1c1ccc(SN2CCN(c3cc(C(F)F)cc(Cl)n3)CC2)cc1. The van der Waals surface area contributed by atoms with Gasteiger partial charge < -0.3 is 36.2 Å². The van der Waals surface area contributed by atoms with Crippen LogP contribution in [0, 0.1) is 0 Å². The average molecular weight is 711 g/mol. The molecule has 5 N–H and O–H groups in total. The van der Waals surface area contributed by atoms with Crippen molar-refractivity contribution in [3.8, 4) is 0 Å². The van der Waals surface area contributed by atoms with Gasteiger partial charge in [0, 0.05) is 81.0 Å². The Morgan fingerprint density at radius 1 is 1.04 bits per heavy atom. The van der Waals surface area contributed by atoms with E-state index in [9.17, 15) is 18.4 Å². The van der Waals surface area contributed by atoms with Crippen LogP contribution in [0.1, 0.15) is 56.9 Å². The van der Waals surface area contributed by atoms with Gasteiger partial charge in [0.1, 0.15) is 11.0 Å². The van der Waals surface area contributed by atoms with Crippen LogP contribution in [0.3, 0.4) is 0 Å². The molecule has 4 aliphatic rings. The lowest BCUT2D eigenvalue weighted by Crippen LogP contribution is -2.53. The summed E-state index contributed by atoms with van der Waals surface area (Å²) < 4.78 is 33.7. The summed E-state index contributed by atoms with van der Waals surface area (Å²) in [6.07, 6.45) is 5.00. The molecular formula is C33H49ClF2N8O3S. The predicted octanol–water partition coefficient (Wildman–Crippen LogP) is 4.89. The van der Waals surface area contributed by atoms with E-state index in [-0.39, 0.29) is 28.8 Å². The van der Waals surface area contributed by atoms with Gasteiger partial charge in [-0.15, -0.1) is 0 Å². The van der Waals surface area contributed by atoms with E-state index in [1.807, 2.05) is 39.0 Å². The fourth-order valence-corrected chi connectivity index (χ4v) is 7.23. The number of morpholine rings is 1. The number of carbonyl (C=O) groups is 2. The fraction of sp³-hybridized carbons (Fsp3) is 0.606. The van der Waals surface area contributed by atoms with Gasteiger partial charge in [0.05, 0.1) is 12.7 Å². The lowest BCUT2D eigenvalue weighted by molar-refractivity contribution is -0.117. The molecule has 0 spiro atoms. The third kappa shape index (κ3) is 11.1. The van der Waals surface area contributed by atoms with Crippen LogP contribution in [0.4, 0.5) is 25.1 Å². The smallest absolute Gasteiger partial charge is 0.317 e. The largest absolute Gasteiger partial charge is 0.373 e. The van der Waals surface area contributed by atoms with Crippen LogP contribution in [0.5, 0.6) is 0 Å². The summed E-state index contributed by atoms with van der Waals surface area (Å²) in [5, 5.41) is 3.21. The van der Waals surface area contributed by atoms with Gasteiger partial charge >= 0.3 is 6.03 Å². The van der Waals surface area contributed by atoms with Crippen molar-refractivity contribution in [3.05, 3.63) is 47.1 Å². The topological polar surface area (TPSA) is 133 Å². The van der Waals surface area contributed by atoms with Gasteiger partial charge in [-0.1, -0.05) is 30.9 Å². The zero-order valence-electron chi connectivity index (χ0n) is 27.7. The molecule has 1 aromatic carbocycles. The van der Waals surface area contributed by atoms with Gasteiger partial charge in [-0.2, -0.15) is 0 Å². The first-order chi connectivity index (χ1) is 23.3. The number of alkyl halides is 2. The van der Waals surface area contributed by atoms with Crippen molar-refractivity contribution in [1.29, 1.82) is 0 Å². The minimum atomic E-state index is -2.56. The number of ether oxygens (including phenoxy) is 1. The third-order valence-corrected chi connectivity index (χ3v) is 10.00. The molecule has 3 saturated heterocycles. The number of halogens is 3. The van der Waals surface area contributed by atoms with Crippen LogP contribution in [-0.2, 0) is 9.53 Å². The van der Waals surface area contributed by atoms with Crippen LogP contribution in [0.25, 0.3) is 0 Å². The van der Waals surface area contributed by atoms with Crippen LogP contribution >= 0.6 is 23.5 Å². The number of benzene rings is 1. The highest BCUT2D eigenvalue weighted by molar-refractivity contribution is 7.97. The fourth-order valence-electron chi connectivity index (χ4n) is 6.12. The molecule has 11 nitrogen and oxygen atoms in total. The summed E-state index contributed by atoms with van der Waals surface area (Å²) in [6.45, 7) is 6.08. The van der Waals surface area contributed by atoms with Gasteiger partial charge in [-0.25, -0.2) is 22.9 Å². The van der Waals surface area contributed by atoms with Crippen molar-refractivity contribution in [3.63, 3.8) is 0 Å². The molecule has 4 heterocycles. The van der Waals surface area contributed by atoms with E-state index < -0.39 is 6.43 Å². The first kappa shape index (κ1) is 38.1. The molecule has 1 saturated carbocycles. The normalized spacial score (nSPS) is 20.6. The van der Waals surface area contributed by atoms with Crippen molar-refractivity contribution < 1.29 is 23.1 Å². The maximum absolute atomic E-state index is 13.0. The number of anilines is 2. The monoisotopic (exact) mass is 710 g/mol. The molecule has 0 radical (unpaired) electrons. The molecule has 15 heteroatoms. The van der Waals surface area contributed by atoms with Crippen molar-refractivity contribution >= 4 is 47.0 Å². The van der Waals surface area contributed by atoms with Gasteiger partial charge in [0.15, 0.2) is 0 Å². The Hall–Kier alpha value is -2.75. The molecule has 4 fully saturated rings. The number of hydrogen-bond acceptors (Lipinski definition) is 9. The molecule has 2 aromatic rings. The lowest BCUT2D eigenvalue weighted by atomic mass is 9.96. The van der Waals surface area contributed by atoms with E-state index in [1.165, 1.54) is 38.4 Å². The predicted molar refractivity (Wildman–Crippen MR) is 188 cm³/mol. The highest BCUT2D eigenvalue weighted by Crippen LogP contribution is 2.30. The molecule has 1 unspecified atom stereocenters. The Morgan fingerprint density at radius 3 is 2.38 bits per heavy atom. The molecule has 1 aromatic heterocycles. The highest BCUT2D eigenvalue weighted by atomic mass is 35.5. The number of amides is 3. The molecule has 3 aliphatic heterocycles. The van der Waals surface area contributed by atoms with E-state index in [0.29, 0.717) is 57.6 Å². The number of nitrogens with zero attached hydrogens (tertiary/aromatic N) is 5. The summed E-state index contributed by atoms with van der Waals surface area (Å²) >= 11 is 7.57. The summed E-state index contributed by atoms with van der Waals surface area (Å²) in [4.78, 5) is 34.9. The average Bonchev–Trinajstić information content (AvgIpc) is 3.56. The number of nitrogens with two attached hydrogens (primary N) is 2. The highest BCUT2D eigenvalue weighted by Gasteiger charge is 2.26.